The molecule has 2 aromatic carbocycles. The third-order valence-corrected chi connectivity index (χ3v) is 5.59. The van der Waals surface area contributed by atoms with Gasteiger partial charge in [0.25, 0.3) is 11.8 Å². The lowest BCUT2D eigenvalue weighted by atomic mass is 10.0. The zero-order valence-corrected chi connectivity index (χ0v) is 18.9. The van der Waals surface area contributed by atoms with E-state index in [0.29, 0.717) is 35.7 Å². The highest BCUT2D eigenvalue weighted by molar-refractivity contribution is 6.05. The molecule has 3 atom stereocenters. The summed E-state index contributed by atoms with van der Waals surface area (Å²) in [5.74, 6) is -0.388. The molecule has 0 fully saturated rings. The number of carbonyl (C=O) groups is 2. The fourth-order valence-corrected chi connectivity index (χ4v) is 3.54. The van der Waals surface area contributed by atoms with Gasteiger partial charge in [0.1, 0.15) is 18.2 Å². The Kier molecular flexibility index (Phi) is 7.82. The van der Waals surface area contributed by atoms with Crippen LogP contribution in [0, 0.1) is 11.7 Å². The van der Waals surface area contributed by atoms with Crippen LogP contribution in [0.15, 0.2) is 42.5 Å². The number of halogens is 1. The van der Waals surface area contributed by atoms with Crippen LogP contribution in [0.5, 0.6) is 5.75 Å². The molecule has 1 aliphatic rings. The summed E-state index contributed by atoms with van der Waals surface area (Å²) >= 11 is 0. The minimum absolute atomic E-state index is 0.0486. The number of nitrogens with zero attached hydrogens (tertiary/aromatic N) is 1. The fraction of sp³-hybridized carbons (Fsp3) is 0.417. The van der Waals surface area contributed by atoms with Gasteiger partial charge in [-0.3, -0.25) is 9.59 Å². The van der Waals surface area contributed by atoms with Gasteiger partial charge < -0.3 is 25.0 Å². The summed E-state index contributed by atoms with van der Waals surface area (Å²) in [5.41, 5.74) is 1.21. The Labute approximate surface area is 187 Å². The van der Waals surface area contributed by atoms with Crippen molar-refractivity contribution in [3.05, 3.63) is 59.4 Å². The van der Waals surface area contributed by atoms with Gasteiger partial charge in [-0.25, -0.2) is 4.39 Å². The first-order valence-corrected chi connectivity index (χ1v) is 10.6. The molecule has 172 valence electrons. The topological polar surface area (TPSA) is 79.9 Å². The van der Waals surface area contributed by atoms with Crippen LogP contribution in [-0.4, -0.2) is 62.7 Å². The second-order valence-corrected chi connectivity index (χ2v) is 8.23. The Bertz CT molecular complexity index is 951. The van der Waals surface area contributed by atoms with Gasteiger partial charge in [0.05, 0.1) is 11.7 Å². The second kappa shape index (κ2) is 10.6. The molecule has 0 saturated heterocycles. The molecule has 2 N–H and O–H groups in total. The number of amides is 2. The Morgan fingerprint density at radius 1 is 1.22 bits per heavy atom. The van der Waals surface area contributed by atoms with Crippen molar-refractivity contribution in [2.75, 3.05) is 39.2 Å². The number of methoxy groups -OCH3 is 1. The quantitative estimate of drug-likeness (QED) is 0.762. The van der Waals surface area contributed by atoms with Crippen molar-refractivity contribution in [2.24, 2.45) is 5.92 Å². The maximum atomic E-state index is 13.1. The molecule has 0 aromatic heterocycles. The maximum absolute atomic E-state index is 13.1. The number of rotatable bonds is 3. The van der Waals surface area contributed by atoms with E-state index in [0.717, 1.165) is 6.54 Å². The summed E-state index contributed by atoms with van der Waals surface area (Å²) in [6.45, 7) is 5.61. The molecule has 2 aromatic rings. The fourth-order valence-electron chi connectivity index (χ4n) is 3.54. The second-order valence-electron chi connectivity index (χ2n) is 8.23. The minimum atomic E-state index is -0.412. The van der Waals surface area contributed by atoms with Crippen LogP contribution in [0.3, 0.4) is 0 Å². The number of benzene rings is 2. The molecule has 8 heteroatoms. The average molecular weight is 444 g/mol. The van der Waals surface area contributed by atoms with Crippen molar-refractivity contribution in [1.82, 2.24) is 10.2 Å². The predicted molar refractivity (Wildman–Crippen MR) is 121 cm³/mol. The zero-order chi connectivity index (χ0) is 23.3. The Morgan fingerprint density at radius 2 is 1.94 bits per heavy atom. The monoisotopic (exact) mass is 443 g/mol. The van der Waals surface area contributed by atoms with Crippen molar-refractivity contribution in [1.29, 1.82) is 0 Å². The first kappa shape index (κ1) is 23.7. The third kappa shape index (κ3) is 5.83. The summed E-state index contributed by atoms with van der Waals surface area (Å²) in [7, 11) is 3.39. The number of anilines is 1. The van der Waals surface area contributed by atoms with Gasteiger partial charge >= 0.3 is 0 Å². The van der Waals surface area contributed by atoms with Gasteiger partial charge in [0.15, 0.2) is 0 Å². The van der Waals surface area contributed by atoms with Crippen LogP contribution < -0.4 is 15.4 Å². The molecular formula is C24H30FN3O4. The van der Waals surface area contributed by atoms with Crippen LogP contribution in [-0.2, 0) is 4.74 Å². The van der Waals surface area contributed by atoms with E-state index in [1.54, 1.807) is 37.3 Å². The Hall–Kier alpha value is -2.97. The van der Waals surface area contributed by atoms with E-state index in [2.05, 4.69) is 17.6 Å². The molecule has 1 heterocycles. The molecular weight excluding hydrogens is 413 g/mol. The molecule has 32 heavy (non-hydrogen) atoms. The molecule has 3 rings (SSSR count). The van der Waals surface area contributed by atoms with E-state index in [9.17, 15) is 14.0 Å². The van der Waals surface area contributed by atoms with Gasteiger partial charge in [0, 0.05) is 50.6 Å². The van der Waals surface area contributed by atoms with Crippen LogP contribution >= 0.6 is 0 Å². The predicted octanol–water partition coefficient (Wildman–Crippen LogP) is 3.17. The first-order valence-electron chi connectivity index (χ1n) is 10.6. The number of likely N-dealkylation sites (N-methyl/N-ethyl adjacent to an activating group) is 1. The third-order valence-electron chi connectivity index (χ3n) is 5.59. The highest BCUT2D eigenvalue weighted by Gasteiger charge is 2.25. The summed E-state index contributed by atoms with van der Waals surface area (Å²) in [4.78, 5) is 27.3. The van der Waals surface area contributed by atoms with Crippen LogP contribution in [0.2, 0.25) is 0 Å². The van der Waals surface area contributed by atoms with Crippen molar-refractivity contribution in [2.45, 2.75) is 26.0 Å². The van der Waals surface area contributed by atoms with E-state index in [1.807, 2.05) is 6.92 Å². The first-order chi connectivity index (χ1) is 15.3. The van der Waals surface area contributed by atoms with Crippen LogP contribution in [0.4, 0.5) is 10.1 Å². The molecule has 0 bridgehead atoms. The number of hydrogen-bond donors (Lipinski definition) is 2. The van der Waals surface area contributed by atoms with Crippen LogP contribution in [0.1, 0.15) is 34.6 Å². The largest absolute Gasteiger partial charge is 0.491 e. The summed E-state index contributed by atoms with van der Waals surface area (Å²) in [6.07, 6.45) is -0.110. The molecule has 0 unspecified atom stereocenters. The van der Waals surface area contributed by atoms with Gasteiger partial charge in [0.2, 0.25) is 0 Å². The number of hydrogen-bond acceptors (Lipinski definition) is 5. The van der Waals surface area contributed by atoms with E-state index in [-0.39, 0.29) is 29.9 Å². The maximum Gasteiger partial charge on any atom is 0.257 e. The van der Waals surface area contributed by atoms with Crippen molar-refractivity contribution in [3.8, 4) is 5.75 Å². The Morgan fingerprint density at radius 3 is 2.62 bits per heavy atom. The van der Waals surface area contributed by atoms with E-state index < -0.39 is 5.82 Å². The van der Waals surface area contributed by atoms with Crippen molar-refractivity contribution < 1.29 is 23.5 Å². The SMILES string of the molecule is CO[C@@H]1CN(C)C(=O)c2ccc(NC(=O)c3ccc(F)cc3)cc2OC[C@H](C)NC[C@@H]1C. The summed E-state index contributed by atoms with van der Waals surface area (Å²) in [5, 5.41) is 6.21. The molecule has 0 aliphatic carbocycles. The van der Waals surface area contributed by atoms with Crippen LogP contribution in [0.25, 0.3) is 0 Å². The van der Waals surface area contributed by atoms with Gasteiger partial charge in [-0.05, 0) is 49.2 Å². The normalized spacial score (nSPS) is 22.2. The highest BCUT2D eigenvalue weighted by Crippen LogP contribution is 2.26. The van der Waals surface area contributed by atoms with Gasteiger partial charge in [-0.2, -0.15) is 0 Å². The van der Waals surface area contributed by atoms with E-state index >= 15 is 0 Å². The van der Waals surface area contributed by atoms with E-state index in [1.165, 1.54) is 24.3 Å². The molecule has 1 aliphatic heterocycles. The lowest BCUT2D eigenvalue weighted by Gasteiger charge is -2.30. The van der Waals surface area contributed by atoms with Gasteiger partial charge in [-0.1, -0.05) is 6.92 Å². The average Bonchev–Trinajstić information content (AvgIpc) is 2.78. The molecule has 7 nitrogen and oxygen atoms in total. The van der Waals surface area contributed by atoms with Crippen molar-refractivity contribution in [3.63, 3.8) is 0 Å². The standard InChI is InChI=1S/C24H30FN3O4/c1-15-12-26-16(2)14-32-21-11-19(27-23(29)17-5-7-18(25)8-6-17)9-10-20(21)24(30)28(3)13-22(15)31-4/h5-11,15-16,22,26H,12-14H2,1-4H3,(H,27,29)/t15-,16-,22+/m0/s1. The molecule has 0 spiro atoms. The molecule has 0 saturated carbocycles. The summed E-state index contributed by atoms with van der Waals surface area (Å²) in [6, 6.07) is 10.3. The van der Waals surface area contributed by atoms with Crippen molar-refractivity contribution >= 4 is 17.5 Å². The van der Waals surface area contributed by atoms with Gasteiger partial charge in [-0.15, -0.1) is 0 Å². The number of nitrogens with one attached hydrogen (secondary N) is 2. The lowest BCUT2D eigenvalue weighted by Crippen LogP contribution is -2.44. The molecule has 2 amide bonds. The highest BCUT2D eigenvalue weighted by atomic mass is 19.1. The number of ether oxygens (including phenoxy) is 2. The number of fused-ring (bicyclic) bond motifs is 1. The zero-order valence-electron chi connectivity index (χ0n) is 18.9. The Balaban J connectivity index is 1.86. The molecule has 0 radical (unpaired) electrons. The minimum Gasteiger partial charge on any atom is -0.491 e. The smallest absolute Gasteiger partial charge is 0.257 e. The number of carbonyl (C=O) groups excluding carboxylic acids is 2. The lowest BCUT2D eigenvalue weighted by molar-refractivity contribution is 0.0281. The van der Waals surface area contributed by atoms with E-state index in [4.69, 9.17) is 9.47 Å². The summed E-state index contributed by atoms with van der Waals surface area (Å²) < 4.78 is 24.7.